The fourth-order valence-corrected chi connectivity index (χ4v) is 3.59. The molecule has 1 saturated heterocycles. The Hall–Kier alpha value is -1.10. The summed E-state index contributed by atoms with van der Waals surface area (Å²) in [5.74, 6) is 2.39. The summed E-state index contributed by atoms with van der Waals surface area (Å²) in [7, 11) is 0. The van der Waals surface area contributed by atoms with Crippen molar-refractivity contribution < 1.29 is 0 Å². The fourth-order valence-electron chi connectivity index (χ4n) is 3.21. The molecule has 116 valence electrons. The second-order valence-electron chi connectivity index (χ2n) is 6.13. The van der Waals surface area contributed by atoms with Crippen LogP contribution in [0.5, 0.6) is 0 Å². The zero-order chi connectivity index (χ0) is 15.1. The van der Waals surface area contributed by atoms with E-state index in [1.165, 1.54) is 25.7 Å². The summed E-state index contributed by atoms with van der Waals surface area (Å²) < 4.78 is 2.30. The molecule has 1 aliphatic carbocycles. The van der Waals surface area contributed by atoms with Gasteiger partial charge in [0.25, 0.3) is 0 Å². The Morgan fingerprint density at radius 3 is 2.73 bits per heavy atom. The van der Waals surface area contributed by atoms with Crippen LogP contribution < -0.4 is 5.32 Å². The number of rotatable bonds is 3. The number of benzene rings is 1. The Bertz CT molecular complexity index is 687. The first-order valence-electron chi connectivity index (χ1n) is 7.85. The van der Waals surface area contributed by atoms with Crippen molar-refractivity contribution in [3.63, 3.8) is 0 Å². The molecule has 0 amide bonds. The van der Waals surface area contributed by atoms with E-state index in [2.05, 4.69) is 20.1 Å². The topological polar surface area (TPSA) is 42.7 Å². The average molecular weight is 337 g/mol. The summed E-state index contributed by atoms with van der Waals surface area (Å²) in [6.07, 6.45) is 4.74. The number of nitrogens with zero attached hydrogens (tertiary/aromatic N) is 3. The number of aromatic nitrogens is 3. The third kappa shape index (κ3) is 2.53. The van der Waals surface area contributed by atoms with Crippen molar-refractivity contribution in [2.75, 3.05) is 13.1 Å². The van der Waals surface area contributed by atoms with Crippen molar-refractivity contribution in [2.45, 2.75) is 37.6 Å². The van der Waals surface area contributed by atoms with Gasteiger partial charge in [-0.3, -0.25) is 0 Å². The Kier molecular flexibility index (Phi) is 3.84. The molecular weight excluding hydrogens is 319 g/mol. The van der Waals surface area contributed by atoms with E-state index in [1.807, 2.05) is 12.1 Å². The number of piperidine rings is 1. The molecule has 0 spiro atoms. The molecule has 6 heteroatoms. The molecule has 4 rings (SSSR count). The van der Waals surface area contributed by atoms with Crippen molar-refractivity contribution in [3.05, 3.63) is 34.1 Å². The van der Waals surface area contributed by atoms with Crippen LogP contribution >= 0.6 is 23.2 Å². The van der Waals surface area contributed by atoms with E-state index in [0.29, 0.717) is 22.0 Å². The third-order valence-electron chi connectivity index (χ3n) is 4.49. The summed E-state index contributed by atoms with van der Waals surface area (Å²) >= 11 is 12.6. The molecule has 1 aliphatic heterocycles. The highest BCUT2D eigenvalue weighted by Crippen LogP contribution is 2.43. The lowest BCUT2D eigenvalue weighted by atomic mass is 9.98. The first kappa shape index (κ1) is 14.5. The summed E-state index contributed by atoms with van der Waals surface area (Å²) in [6.45, 7) is 2.08. The predicted molar refractivity (Wildman–Crippen MR) is 88.6 cm³/mol. The standard InChI is InChI=1S/C16H18Cl2N4/c17-13-5-1-4-12(14(13)18)16-21-20-15(22(16)11-6-7-11)10-3-2-8-19-9-10/h1,4-5,10-11,19H,2-3,6-9H2/t10-/m1/s1. The van der Waals surface area contributed by atoms with Crippen LogP contribution in [0.3, 0.4) is 0 Å². The molecule has 2 aliphatic rings. The highest BCUT2D eigenvalue weighted by atomic mass is 35.5. The van der Waals surface area contributed by atoms with Gasteiger partial charge in [0.15, 0.2) is 5.82 Å². The second-order valence-corrected chi connectivity index (χ2v) is 6.91. The van der Waals surface area contributed by atoms with Crippen LogP contribution in [0.25, 0.3) is 11.4 Å². The lowest BCUT2D eigenvalue weighted by Crippen LogP contribution is -2.30. The lowest BCUT2D eigenvalue weighted by molar-refractivity contribution is 0.432. The zero-order valence-electron chi connectivity index (χ0n) is 12.2. The summed E-state index contributed by atoms with van der Waals surface area (Å²) in [5.41, 5.74) is 0.878. The first-order chi connectivity index (χ1) is 10.8. The molecule has 0 bridgehead atoms. The molecule has 1 aromatic carbocycles. The Morgan fingerprint density at radius 1 is 1.14 bits per heavy atom. The van der Waals surface area contributed by atoms with Gasteiger partial charge in [0, 0.05) is 24.1 Å². The molecule has 2 aromatic rings. The molecule has 0 radical (unpaired) electrons. The van der Waals surface area contributed by atoms with Crippen LogP contribution in [0.2, 0.25) is 10.0 Å². The molecule has 22 heavy (non-hydrogen) atoms. The van der Waals surface area contributed by atoms with E-state index in [9.17, 15) is 0 Å². The molecule has 1 saturated carbocycles. The minimum Gasteiger partial charge on any atom is -0.316 e. The van der Waals surface area contributed by atoms with Gasteiger partial charge >= 0.3 is 0 Å². The molecule has 1 N–H and O–H groups in total. The Labute approximate surface area is 139 Å². The van der Waals surface area contributed by atoms with E-state index in [4.69, 9.17) is 23.2 Å². The van der Waals surface area contributed by atoms with Gasteiger partial charge in [0.05, 0.1) is 10.0 Å². The van der Waals surface area contributed by atoms with Crippen molar-refractivity contribution >= 4 is 23.2 Å². The van der Waals surface area contributed by atoms with E-state index in [1.54, 1.807) is 6.07 Å². The van der Waals surface area contributed by atoms with E-state index in [0.717, 1.165) is 30.3 Å². The Balaban J connectivity index is 1.80. The van der Waals surface area contributed by atoms with Crippen LogP contribution in [0, 0.1) is 0 Å². The maximum Gasteiger partial charge on any atom is 0.165 e. The van der Waals surface area contributed by atoms with Gasteiger partial charge in [-0.2, -0.15) is 0 Å². The second kappa shape index (κ2) is 5.84. The SMILES string of the molecule is Clc1cccc(-c2nnc([C@@H]3CCCNC3)n2C2CC2)c1Cl. The maximum atomic E-state index is 6.39. The molecule has 4 nitrogen and oxygen atoms in total. The smallest absolute Gasteiger partial charge is 0.165 e. The summed E-state index contributed by atoms with van der Waals surface area (Å²) in [5, 5.41) is 13.6. The first-order valence-corrected chi connectivity index (χ1v) is 8.61. The summed E-state index contributed by atoms with van der Waals surface area (Å²) in [4.78, 5) is 0. The number of hydrogen-bond donors (Lipinski definition) is 1. The van der Waals surface area contributed by atoms with Gasteiger partial charge in [-0.1, -0.05) is 29.3 Å². The monoisotopic (exact) mass is 336 g/mol. The molecule has 0 unspecified atom stereocenters. The van der Waals surface area contributed by atoms with E-state index in [-0.39, 0.29) is 0 Å². The van der Waals surface area contributed by atoms with Crippen molar-refractivity contribution in [3.8, 4) is 11.4 Å². The molecule has 2 fully saturated rings. The molecule has 1 atom stereocenters. The van der Waals surface area contributed by atoms with Crippen molar-refractivity contribution in [1.29, 1.82) is 0 Å². The zero-order valence-corrected chi connectivity index (χ0v) is 13.7. The maximum absolute atomic E-state index is 6.39. The van der Waals surface area contributed by atoms with Gasteiger partial charge < -0.3 is 9.88 Å². The lowest BCUT2D eigenvalue weighted by Gasteiger charge is -2.23. The molecule has 2 heterocycles. The largest absolute Gasteiger partial charge is 0.316 e. The van der Waals surface area contributed by atoms with Gasteiger partial charge in [-0.25, -0.2) is 0 Å². The predicted octanol–water partition coefficient (Wildman–Crippen LogP) is 4.05. The number of halogens is 2. The van der Waals surface area contributed by atoms with Crippen LogP contribution in [-0.4, -0.2) is 27.9 Å². The minimum atomic E-state index is 0.438. The quantitative estimate of drug-likeness (QED) is 0.919. The highest BCUT2D eigenvalue weighted by Gasteiger charge is 2.33. The van der Waals surface area contributed by atoms with Crippen LogP contribution in [0.4, 0.5) is 0 Å². The van der Waals surface area contributed by atoms with Gasteiger partial charge in [0.1, 0.15) is 5.82 Å². The van der Waals surface area contributed by atoms with Crippen LogP contribution in [0.1, 0.15) is 43.5 Å². The fraction of sp³-hybridized carbons (Fsp3) is 0.500. The van der Waals surface area contributed by atoms with E-state index >= 15 is 0 Å². The van der Waals surface area contributed by atoms with Gasteiger partial charge in [-0.05, 0) is 44.4 Å². The van der Waals surface area contributed by atoms with Crippen molar-refractivity contribution in [1.82, 2.24) is 20.1 Å². The van der Waals surface area contributed by atoms with Crippen LogP contribution in [-0.2, 0) is 0 Å². The summed E-state index contributed by atoms with van der Waals surface area (Å²) in [6, 6.07) is 6.20. The van der Waals surface area contributed by atoms with Gasteiger partial charge in [0.2, 0.25) is 0 Å². The average Bonchev–Trinajstić information content (AvgIpc) is 3.30. The van der Waals surface area contributed by atoms with Crippen molar-refractivity contribution in [2.24, 2.45) is 0 Å². The normalized spacial score (nSPS) is 22.0. The number of hydrogen-bond acceptors (Lipinski definition) is 3. The minimum absolute atomic E-state index is 0.438. The highest BCUT2D eigenvalue weighted by molar-refractivity contribution is 6.43. The van der Waals surface area contributed by atoms with E-state index < -0.39 is 0 Å². The number of nitrogens with one attached hydrogen (secondary N) is 1. The van der Waals surface area contributed by atoms with Crippen LogP contribution in [0.15, 0.2) is 18.2 Å². The molecule has 1 aromatic heterocycles. The van der Waals surface area contributed by atoms with Gasteiger partial charge in [-0.15, -0.1) is 10.2 Å². The third-order valence-corrected chi connectivity index (χ3v) is 5.31. The molecular formula is C16H18Cl2N4. The Morgan fingerprint density at radius 2 is 2.00 bits per heavy atom.